The lowest BCUT2D eigenvalue weighted by Gasteiger charge is -2.39. The monoisotopic (exact) mass is 493 g/mol. The molecule has 2 amide bonds. The van der Waals surface area contributed by atoms with Crippen LogP contribution in [0.2, 0.25) is 0 Å². The molecule has 1 rings (SSSR count). The number of nitrogens with zero attached hydrogens (tertiary/aromatic N) is 1. The van der Waals surface area contributed by atoms with Gasteiger partial charge in [0.05, 0.1) is 18.2 Å². The molecule has 2 N–H and O–H groups in total. The molecule has 2 atom stereocenters. The molecule has 7 nitrogen and oxygen atoms in total. The van der Waals surface area contributed by atoms with E-state index in [0.29, 0.717) is 25.0 Å². The van der Waals surface area contributed by atoms with Crippen LogP contribution in [0.4, 0.5) is 0 Å². The number of rotatable bonds is 13. The van der Waals surface area contributed by atoms with E-state index in [2.05, 4.69) is 10.6 Å². The average molecular weight is 494 g/mol. The van der Waals surface area contributed by atoms with E-state index in [1.165, 1.54) is 6.42 Å². The Morgan fingerprint density at radius 3 is 2.06 bits per heavy atom. The Morgan fingerprint density at radius 1 is 1.03 bits per heavy atom. The van der Waals surface area contributed by atoms with Crippen molar-refractivity contribution >= 4 is 17.8 Å². The number of carbonyl (C=O) groups excluding carboxylic acids is 3. The SMILES string of the molecule is CCOC(=O)/C(C)=C/[C@H](C(C)C)N(C)C(=O)[C@@H](NC(=O)C(CC)(CC)NC(C)C)C1CCCCC1. The second kappa shape index (κ2) is 14.6. The van der Waals surface area contributed by atoms with Crippen molar-refractivity contribution < 1.29 is 19.1 Å². The molecule has 0 aromatic carbocycles. The molecule has 1 aliphatic rings. The fraction of sp³-hybridized carbons (Fsp3) is 0.821. The van der Waals surface area contributed by atoms with Gasteiger partial charge in [0.25, 0.3) is 0 Å². The second-order valence-electron chi connectivity index (χ2n) is 10.7. The molecular weight excluding hydrogens is 442 g/mol. The summed E-state index contributed by atoms with van der Waals surface area (Å²) in [7, 11) is 1.78. The van der Waals surface area contributed by atoms with Crippen molar-refractivity contribution in [3.63, 3.8) is 0 Å². The highest BCUT2D eigenvalue weighted by Gasteiger charge is 2.41. The summed E-state index contributed by atoms with van der Waals surface area (Å²) in [5.74, 6) is -0.373. The lowest BCUT2D eigenvalue weighted by molar-refractivity contribution is -0.141. The molecule has 0 aliphatic heterocycles. The van der Waals surface area contributed by atoms with Gasteiger partial charge in [-0.15, -0.1) is 0 Å². The summed E-state index contributed by atoms with van der Waals surface area (Å²) in [5, 5.41) is 6.66. The van der Waals surface area contributed by atoms with Crippen molar-refractivity contribution in [3.8, 4) is 0 Å². The summed E-state index contributed by atoms with van der Waals surface area (Å²) in [6.07, 6.45) is 8.27. The van der Waals surface area contributed by atoms with Crippen LogP contribution in [0.3, 0.4) is 0 Å². The van der Waals surface area contributed by atoms with Crippen LogP contribution >= 0.6 is 0 Å². The second-order valence-corrected chi connectivity index (χ2v) is 10.7. The van der Waals surface area contributed by atoms with Crippen molar-refractivity contribution in [1.82, 2.24) is 15.5 Å². The Bertz CT molecular complexity index is 722. The van der Waals surface area contributed by atoms with Gasteiger partial charge in [0.15, 0.2) is 0 Å². The molecule has 35 heavy (non-hydrogen) atoms. The number of likely N-dealkylation sites (N-methyl/N-ethyl adjacent to an activating group) is 1. The van der Waals surface area contributed by atoms with Crippen molar-refractivity contribution in [1.29, 1.82) is 0 Å². The van der Waals surface area contributed by atoms with Gasteiger partial charge in [0.1, 0.15) is 6.04 Å². The summed E-state index contributed by atoms with van der Waals surface area (Å²) in [5.41, 5.74) is -0.224. The van der Waals surface area contributed by atoms with E-state index in [-0.39, 0.29) is 41.7 Å². The lowest BCUT2D eigenvalue weighted by atomic mass is 9.82. The van der Waals surface area contributed by atoms with Gasteiger partial charge in [-0.3, -0.25) is 9.59 Å². The number of nitrogens with one attached hydrogen (secondary N) is 2. The highest BCUT2D eigenvalue weighted by Crippen LogP contribution is 2.29. The first-order valence-corrected chi connectivity index (χ1v) is 13.6. The first-order chi connectivity index (χ1) is 16.4. The van der Waals surface area contributed by atoms with E-state index in [0.717, 1.165) is 25.7 Å². The largest absolute Gasteiger partial charge is 0.463 e. The molecule has 0 aromatic rings. The zero-order valence-electron chi connectivity index (χ0n) is 23.7. The minimum Gasteiger partial charge on any atom is -0.463 e. The van der Waals surface area contributed by atoms with Crippen LogP contribution in [0.15, 0.2) is 11.6 Å². The summed E-state index contributed by atoms with van der Waals surface area (Å²) < 4.78 is 5.14. The maximum atomic E-state index is 14.0. The molecule has 0 bridgehead atoms. The van der Waals surface area contributed by atoms with Crippen LogP contribution in [0.5, 0.6) is 0 Å². The smallest absolute Gasteiger partial charge is 0.333 e. The Hall–Kier alpha value is -1.89. The van der Waals surface area contributed by atoms with E-state index in [1.807, 2.05) is 47.6 Å². The molecule has 0 spiro atoms. The third kappa shape index (κ3) is 8.62. The van der Waals surface area contributed by atoms with Crippen molar-refractivity contribution in [2.75, 3.05) is 13.7 Å². The molecule has 0 aromatic heterocycles. The first kappa shape index (κ1) is 31.1. The summed E-state index contributed by atoms with van der Waals surface area (Å²) in [4.78, 5) is 41.6. The van der Waals surface area contributed by atoms with Gasteiger partial charge in [-0.05, 0) is 65.2 Å². The Kier molecular flexibility index (Phi) is 13.0. The first-order valence-electron chi connectivity index (χ1n) is 13.6. The van der Waals surface area contributed by atoms with Gasteiger partial charge in [-0.25, -0.2) is 4.79 Å². The van der Waals surface area contributed by atoms with Crippen molar-refractivity contribution in [2.45, 2.75) is 124 Å². The van der Waals surface area contributed by atoms with Gasteiger partial charge in [0.2, 0.25) is 11.8 Å². The zero-order chi connectivity index (χ0) is 26.8. The zero-order valence-corrected chi connectivity index (χ0v) is 23.7. The Morgan fingerprint density at radius 2 is 1.60 bits per heavy atom. The molecule has 1 fully saturated rings. The molecule has 0 unspecified atom stereocenters. The minimum atomic E-state index is -0.711. The lowest BCUT2D eigenvalue weighted by Crippen LogP contribution is -2.63. The van der Waals surface area contributed by atoms with Gasteiger partial charge in [0, 0.05) is 18.7 Å². The summed E-state index contributed by atoms with van der Waals surface area (Å²) >= 11 is 0. The number of hydrogen-bond acceptors (Lipinski definition) is 5. The third-order valence-corrected chi connectivity index (χ3v) is 7.38. The topological polar surface area (TPSA) is 87.7 Å². The predicted octanol–water partition coefficient (Wildman–Crippen LogP) is 4.60. The van der Waals surface area contributed by atoms with Gasteiger partial charge >= 0.3 is 5.97 Å². The van der Waals surface area contributed by atoms with Crippen LogP contribution in [-0.2, 0) is 19.1 Å². The fourth-order valence-electron chi connectivity index (χ4n) is 5.21. The quantitative estimate of drug-likeness (QED) is 0.289. The maximum absolute atomic E-state index is 14.0. The van der Waals surface area contributed by atoms with E-state index in [9.17, 15) is 14.4 Å². The third-order valence-electron chi connectivity index (χ3n) is 7.38. The maximum Gasteiger partial charge on any atom is 0.333 e. The number of hydrogen-bond donors (Lipinski definition) is 2. The highest BCUT2D eigenvalue weighted by molar-refractivity contribution is 5.93. The minimum absolute atomic E-state index is 0.0871. The summed E-state index contributed by atoms with van der Waals surface area (Å²) in [6, 6.07) is -0.726. The predicted molar refractivity (Wildman–Crippen MR) is 142 cm³/mol. The molecule has 7 heteroatoms. The molecule has 0 radical (unpaired) electrons. The molecule has 1 saturated carbocycles. The number of carbonyl (C=O) groups is 3. The molecule has 0 heterocycles. The molecule has 0 saturated heterocycles. The van der Waals surface area contributed by atoms with Crippen LogP contribution < -0.4 is 10.6 Å². The van der Waals surface area contributed by atoms with E-state index < -0.39 is 11.6 Å². The van der Waals surface area contributed by atoms with Gasteiger partial charge in [-0.2, -0.15) is 0 Å². The average Bonchev–Trinajstić information content (AvgIpc) is 2.83. The number of amides is 2. The number of ether oxygens (including phenoxy) is 1. The highest BCUT2D eigenvalue weighted by atomic mass is 16.5. The van der Waals surface area contributed by atoms with Crippen molar-refractivity contribution in [2.24, 2.45) is 11.8 Å². The molecular formula is C28H51N3O4. The van der Waals surface area contributed by atoms with Crippen molar-refractivity contribution in [3.05, 3.63) is 11.6 Å². The fourth-order valence-corrected chi connectivity index (χ4v) is 5.21. The molecule has 202 valence electrons. The number of esters is 1. The van der Waals surface area contributed by atoms with E-state index >= 15 is 0 Å². The molecule has 1 aliphatic carbocycles. The van der Waals surface area contributed by atoms with Crippen LogP contribution in [0, 0.1) is 11.8 Å². The standard InChI is InChI=1S/C28H51N3O4/c1-10-28(11-2,30-20(6)7)27(34)29-24(22-16-14-13-15-17-22)25(32)31(9)23(19(4)5)18-21(8)26(33)35-12-3/h18-20,22-24,30H,10-17H2,1-9H3,(H,29,34)/b21-18+/t23-,24+/m1/s1. The van der Waals surface area contributed by atoms with Gasteiger partial charge < -0.3 is 20.3 Å². The van der Waals surface area contributed by atoms with Crippen LogP contribution in [-0.4, -0.2) is 60.0 Å². The van der Waals surface area contributed by atoms with E-state index in [4.69, 9.17) is 4.74 Å². The Balaban J connectivity index is 3.29. The summed E-state index contributed by atoms with van der Waals surface area (Å²) in [6.45, 7) is 16.0. The van der Waals surface area contributed by atoms with Gasteiger partial charge in [-0.1, -0.05) is 53.0 Å². The van der Waals surface area contributed by atoms with Crippen LogP contribution in [0.1, 0.15) is 100 Å². The normalized spacial score (nSPS) is 17.3. The van der Waals surface area contributed by atoms with Crippen LogP contribution in [0.25, 0.3) is 0 Å². The van der Waals surface area contributed by atoms with E-state index in [1.54, 1.807) is 25.8 Å². The Labute approximate surface area is 213 Å².